The molecule has 1 heterocycles. The molecule has 0 amide bonds. The second kappa shape index (κ2) is 8.59. The predicted molar refractivity (Wildman–Crippen MR) is 100 cm³/mol. The molecule has 1 fully saturated rings. The van der Waals surface area contributed by atoms with E-state index in [1.807, 2.05) is 30.3 Å². The maximum Gasteiger partial charge on any atom is 0.416 e. The Balaban J connectivity index is 1.96. The first-order valence-electron chi connectivity index (χ1n) is 9.82. The number of aliphatic hydroxyl groups is 1. The summed E-state index contributed by atoms with van der Waals surface area (Å²) in [5.41, 5.74) is -1.56. The molecule has 30 heavy (non-hydrogen) atoms. The van der Waals surface area contributed by atoms with Crippen molar-refractivity contribution in [2.24, 2.45) is 0 Å². The molecule has 2 atom stereocenters. The average molecular weight is 432 g/mol. The zero-order valence-corrected chi connectivity index (χ0v) is 16.3. The highest BCUT2D eigenvalue weighted by atomic mass is 19.4. The molecule has 2 nitrogen and oxygen atoms in total. The highest BCUT2D eigenvalue weighted by Crippen LogP contribution is 2.38. The molecule has 1 aliphatic heterocycles. The number of benzene rings is 2. The SMILES string of the molecule is OC[C@@H]1CCC[N+]1(CCc1ccccc1)Cc1cc(C(F)(F)F)cc(C(F)(F)F)c1. The lowest BCUT2D eigenvalue weighted by Crippen LogP contribution is -2.53. The number of likely N-dealkylation sites (tertiary alicyclic amines) is 1. The van der Waals surface area contributed by atoms with E-state index in [9.17, 15) is 31.4 Å². The van der Waals surface area contributed by atoms with Gasteiger partial charge in [-0.15, -0.1) is 0 Å². The lowest BCUT2D eigenvalue weighted by atomic mass is 10.0. The third-order valence-electron chi connectivity index (χ3n) is 5.96. The van der Waals surface area contributed by atoms with Crippen molar-refractivity contribution in [3.05, 3.63) is 70.8 Å². The largest absolute Gasteiger partial charge is 0.416 e. The van der Waals surface area contributed by atoms with Crippen LogP contribution in [0.5, 0.6) is 0 Å². The molecule has 1 aliphatic rings. The molecular weight excluding hydrogens is 408 g/mol. The molecule has 0 aliphatic carbocycles. The van der Waals surface area contributed by atoms with Crippen LogP contribution >= 0.6 is 0 Å². The molecule has 0 radical (unpaired) electrons. The van der Waals surface area contributed by atoms with Crippen molar-refractivity contribution < 1.29 is 35.9 Å². The topological polar surface area (TPSA) is 20.2 Å². The van der Waals surface area contributed by atoms with Crippen LogP contribution in [0.3, 0.4) is 0 Å². The predicted octanol–water partition coefficient (Wildman–Crippen LogP) is 5.44. The first-order chi connectivity index (χ1) is 14.0. The fourth-order valence-electron chi connectivity index (χ4n) is 4.41. The number of aliphatic hydroxyl groups excluding tert-OH is 1. The van der Waals surface area contributed by atoms with E-state index in [1.165, 1.54) is 0 Å². The van der Waals surface area contributed by atoms with Crippen LogP contribution in [0, 0.1) is 0 Å². The Labute approximate surface area is 171 Å². The summed E-state index contributed by atoms with van der Waals surface area (Å²) < 4.78 is 79.8. The second-order valence-corrected chi connectivity index (χ2v) is 7.95. The molecule has 0 spiro atoms. The van der Waals surface area contributed by atoms with Crippen LogP contribution in [-0.2, 0) is 25.3 Å². The lowest BCUT2D eigenvalue weighted by Gasteiger charge is -2.40. The Bertz CT molecular complexity index is 817. The average Bonchev–Trinajstić information content (AvgIpc) is 3.08. The normalized spacial score (nSPS) is 22.4. The monoisotopic (exact) mass is 432 g/mol. The molecule has 164 valence electrons. The molecule has 0 aromatic heterocycles. The van der Waals surface area contributed by atoms with Crippen molar-refractivity contribution >= 4 is 0 Å². The number of halogens is 6. The van der Waals surface area contributed by atoms with Crippen molar-refractivity contribution in [2.75, 3.05) is 19.7 Å². The van der Waals surface area contributed by atoms with Crippen LogP contribution in [0.1, 0.15) is 35.1 Å². The van der Waals surface area contributed by atoms with E-state index in [0.29, 0.717) is 25.9 Å². The van der Waals surface area contributed by atoms with Gasteiger partial charge < -0.3 is 9.59 Å². The Hall–Kier alpha value is -2.06. The summed E-state index contributed by atoms with van der Waals surface area (Å²) in [7, 11) is 0. The number of nitrogens with zero attached hydrogens (tertiary/aromatic N) is 1. The van der Waals surface area contributed by atoms with Gasteiger partial charge in [0.25, 0.3) is 0 Å². The zero-order valence-electron chi connectivity index (χ0n) is 16.3. The fraction of sp³-hybridized carbons (Fsp3) is 0.455. The van der Waals surface area contributed by atoms with Crippen molar-refractivity contribution in [3.63, 3.8) is 0 Å². The molecule has 3 rings (SSSR count). The quantitative estimate of drug-likeness (QED) is 0.476. The molecular formula is C22H24F6NO+. The third-order valence-corrected chi connectivity index (χ3v) is 5.96. The summed E-state index contributed by atoms with van der Waals surface area (Å²) in [5, 5.41) is 9.87. The van der Waals surface area contributed by atoms with Gasteiger partial charge in [0.1, 0.15) is 12.6 Å². The number of alkyl halides is 6. The minimum absolute atomic E-state index is 0.00874. The van der Waals surface area contributed by atoms with E-state index in [4.69, 9.17) is 0 Å². The number of hydrogen-bond donors (Lipinski definition) is 1. The van der Waals surface area contributed by atoms with Gasteiger partial charge in [-0.2, -0.15) is 26.3 Å². The Morgan fingerprint density at radius 2 is 1.47 bits per heavy atom. The van der Waals surface area contributed by atoms with Gasteiger partial charge >= 0.3 is 12.4 Å². The van der Waals surface area contributed by atoms with Crippen molar-refractivity contribution in [1.29, 1.82) is 0 Å². The maximum atomic E-state index is 13.2. The standard InChI is InChI=1S/C22H24F6NO/c23-21(24,25)18-11-17(12-19(13-18)22(26,27)28)14-29(9-4-7-20(29)15-30)10-8-16-5-2-1-3-6-16/h1-3,5-6,11-13,20,30H,4,7-10,14-15H2/q+1/t20-,29?/m0/s1. The molecule has 1 unspecified atom stereocenters. The van der Waals surface area contributed by atoms with Gasteiger partial charge in [-0.3, -0.25) is 0 Å². The van der Waals surface area contributed by atoms with Crippen LogP contribution in [0.15, 0.2) is 48.5 Å². The highest BCUT2D eigenvalue weighted by molar-refractivity contribution is 5.33. The summed E-state index contributed by atoms with van der Waals surface area (Å²) in [5.74, 6) is 0. The molecule has 1 saturated heterocycles. The first-order valence-corrected chi connectivity index (χ1v) is 9.82. The summed E-state index contributed by atoms with van der Waals surface area (Å²) >= 11 is 0. The minimum atomic E-state index is -4.87. The summed E-state index contributed by atoms with van der Waals surface area (Å²) in [4.78, 5) is 0. The Kier molecular flexibility index (Phi) is 6.48. The van der Waals surface area contributed by atoms with Crippen LogP contribution in [0.2, 0.25) is 0 Å². The van der Waals surface area contributed by atoms with Crippen molar-refractivity contribution in [2.45, 2.75) is 44.2 Å². The molecule has 1 N–H and O–H groups in total. The van der Waals surface area contributed by atoms with Gasteiger partial charge in [-0.05, 0) is 23.8 Å². The number of rotatable bonds is 6. The smallest absolute Gasteiger partial charge is 0.390 e. The second-order valence-electron chi connectivity index (χ2n) is 7.95. The van der Waals surface area contributed by atoms with E-state index in [2.05, 4.69) is 0 Å². The molecule has 2 aromatic carbocycles. The third kappa shape index (κ3) is 5.16. The maximum absolute atomic E-state index is 13.2. The summed E-state index contributed by atoms with van der Waals surface area (Å²) in [6.07, 6.45) is -7.65. The molecule has 0 bridgehead atoms. The van der Waals surface area contributed by atoms with E-state index >= 15 is 0 Å². The highest BCUT2D eigenvalue weighted by Gasteiger charge is 2.43. The van der Waals surface area contributed by atoms with E-state index < -0.39 is 23.5 Å². The van der Waals surface area contributed by atoms with Crippen molar-refractivity contribution in [3.8, 4) is 0 Å². The van der Waals surface area contributed by atoms with Gasteiger partial charge in [0.2, 0.25) is 0 Å². The summed E-state index contributed by atoms with van der Waals surface area (Å²) in [6.45, 7) is 1.01. The molecule has 8 heteroatoms. The number of hydrogen-bond acceptors (Lipinski definition) is 1. The first kappa shape index (κ1) is 22.6. The van der Waals surface area contributed by atoms with Gasteiger partial charge in [-0.1, -0.05) is 30.3 Å². The Morgan fingerprint density at radius 1 is 0.867 bits per heavy atom. The van der Waals surface area contributed by atoms with Crippen LogP contribution < -0.4 is 0 Å². The molecule has 0 saturated carbocycles. The Morgan fingerprint density at radius 3 is 2.00 bits per heavy atom. The summed E-state index contributed by atoms with van der Waals surface area (Å²) in [6, 6.07) is 11.1. The number of quaternary nitrogens is 1. The van der Waals surface area contributed by atoms with Gasteiger partial charge in [0.15, 0.2) is 0 Å². The minimum Gasteiger partial charge on any atom is -0.390 e. The van der Waals surface area contributed by atoms with Crippen LogP contribution in [0.25, 0.3) is 0 Å². The van der Waals surface area contributed by atoms with E-state index in [-0.39, 0.29) is 35.3 Å². The van der Waals surface area contributed by atoms with E-state index in [1.54, 1.807) is 0 Å². The molecule has 2 aromatic rings. The van der Waals surface area contributed by atoms with Crippen LogP contribution in [-0.4, -0.2) is 35.3 Å². The van der Waals surface area contributed by atoms with E-state index in [0.717, 1.165) is 24.1 Å². The fourth-order valence-corrected chi connectivity index (χ4v) is 4.41. The van der Waals surface area contributed by atoms with Crippen LogP contribution in [0.4, 0.5) is 26.3 Å². The zero-order chi connectivity index (χ0) is 22.0. The lowest BCUT2D eigenvalue weighted by molar-refractivity contribution is -0.952. The van der Waals surface area contributed by atoms with Gasteiger partial charge in [-0.25, -0.2) is 0 Å². The van der Waals surface area contributed by atoms with Gasteiger partial charge in [0, 0.05) is 24.8 Å². The van der Waals surface area contributed by atoms with Crippen molar-refractivity contribution in [1.82, 2.24) is 0 Å². The van der Waals surface area contributed by atoms with Gasteiger partial charge in [0.05, 0.1) is 30.8 Å².